The summed E-state index contributed by atoms with van der Waals surface area (Å²) in [5.74, 6) is 0.187. The maximum absolute atomic E-state index is 13.5. The van der Waals surface area contributed by atoms with Gasteiger partial charge in [0.2, 0.25) is 0 Å². The van der Waals surface area contributed by atoms with Crippen LogP contribution in [-0.2, 0) is 6.54 Å². The molecule has 0 radical (unpaired) electrons. The number of halogens is 2. The van der Waals surface area contributed by atoms with Crippen LogP contribution in [0.3, 0.4) is 0 Å². The standard InChI is InChI=1S/C11H8BrFN2O/c12-7-4-5-15-10(7)14-9-6(11(15)16)2-1-3-8(9)13/h1-3,7H,4-5H2. The van der Waals surface area contributed by atoms with Gasteiger partial charge < -0.3 is 0 Å². The van der Waals surface area contributed by atoms with Crippen molar-refractivity contribution in [2.24, 2.45) is 0 Å². The number of aromatic nitrogens is 2. The molecule has 1 aliphatic heterocycles. The number of hydrogen-bond donors (Lipinski definition) is 0. The zero-order valence-electron chi connectivity index (χ0n) is 8.28. The molecule has 3 rings (SSSR count). The van der Waals surface area contributed by atoms with Crippen LogP contribution >= 0.6 is 15.9 Å². The van der Waals surface area contributed by atoms with Crippen LogP contribution in [0.2, 0.25) is 0 Å². The largest absolute Gasteiger partial charge is 0.295 e. The second-order valence-corrected chi connectivity index (χ2v) is 4.92. The third kappa shape index (κ3) is 1.24. The lowest BCUT2D eigenvalue weighted by atomic mass is 10.2. The molecular weight excluding hydrogens is 275 g/mol. The molecule has 0 saturated carbocycles. The maximum atomic E-state index is 13.5. The van der Waals surface area contributed by atoms with Gasteiger partial charge in [-0.2, -0.15) is 0 Å². The first-order valence-corrected chi connectivity index (χ1v) is 5.93. The second-order valence-electron chi connectivity index (χ2n) is 3.82. The molecule has 1 atom stereocenters. The smallest absolute Gasteiger partial charge is 0.261 e. The molecule has 0 amide bonds. The first-order valence-electron chi connectivity index (χ1n) is 5.01. The predicted molar refractivity (Wildman–Crippen MR) is 62.2 cm³/mol. The van der Waals surface area contributed by atoms with Gasteiger partial charge in [0.25, 0.3) is 5.56 Å². The van der Waals surface area contributed by atoms with Crippen molar-refractivity contribution in [2.45, 2.75) is 17.8 Å². The van der Waals surface area contributed by atoms with E-state index in [9.17, 15) is 9.18 Å². The third-order valence-corrected chi connectivity index (χ3v) is 3.72. The normalized spacial score (nSPS) is 19.0. The van der Waals surface area contributed by atoms with Crippen molar-refractivity contribution in [3.63, 3.8) is 0 Å². The van der Waals surface area contributed by atoms with E-state index in [-0.39, 0.29) is 15.9 Å². The summed E-state index contributed by atoms with van der Waals surface area (Å²) in [6, 6.07) is 4.47. The number of para-hydroxylation sites is 1. The highest BCUT2D eigenvalue weighted by Crippen LogP contribution is 2.31. The van der Waals surface area contributed by atoms with Crippen LogP contribution < -0.4 is 5.56 Å². The molecule has 0 spiro atoms. The van der Waals surface area contributed by atoms with Crippen LogP contribution in [0.15, 0.2) is 23.0 Å². The molecule has 0 N–H and O–H groups in total. The Balaban J connectivity index is 2.49. The lowest BCUT2D eigenvalue weighted by molar-refractivity contribution is 0.633. The number of fused-ring (bicyclic) bond motifs is 2. The molecular formula is C11H8BrFN2O. The van der Waals surface area contributed by atoms with Crippen LogP contribution in [0, 0.1) is 5.82 Å². The highest BCUT2D eigenvalue weighted by Gasteiger charge is 2.24. The van der Waals surface area contributed by atoms with E-state index in [1.165, 1.54) is 12.1 Å². The minimum Gasteiger partial charge on any atom is -0.295 e. The Labute approximate surface area is 99.0 Å². The van der Waals surface area contributed by atoms with Crippen molar-refractivity contribution >= 4 is 26.8 Å². The van der Waals surface area contributed by atoms with E-state index < -0.39 is 5.82 Å². The monoisotopic (exact) mass is 282 g/mol. The fourth-order valence-electron chi connectivity index (χ4n) is 2.05. The summed E-state index contributed by atoms with van der Waals surface area (Å²) in [6.07, 6.45) is 0.820. The second kappa shape index (κ2) is 3.38. The van der Waals surface area contributed by atoms with Gasteiger partial charge in [0.1, 0.15) is 17.2 Å². The molecule has 0 bridgehead atoms. The Kier molecular flexibility index (Phi) is 2.10. The van der Waals surface area contributed by atoms with Gasteiger partial charge in [-0.25, -0.2) is 9.37 Å². The van der Waals surface area contributed by atoms with Crippen LogP contribution in [0.1, 0.15) is 17.1 Å². The Bertz CT molecular complexity index is 638. The predicted octanol–water partition coefficient (Wildman–Crippen LogP) is 2.38. The summed E-state index contributed by atoms with van der Waals surface area (Å²) in [5, 5.41) is 0.352. The molecule has 2 aromatic rings. The van der Waals surface area contributed by atoms with Gasteiger partial charge in [-0.05, 0) is 18.6 Å². The van der Waals surface area contributed by atoms with Gasteiger partial charge in [-0.3, -0.25) is 9.36 Å². The van der Waals surface area contributed by atoms with E-state index in [0.29, 0.717) is 17.8 Å². The Morgan fingerprint density at radius 2 is 2.31 bits per heavy atom. The Hall–Kier alpha value is -1.23. The van der Waals surface area contributed by atoms with Crippen LogP contribution in [-0.4, -0.2) is 9.55 Å². The molecule has 3 nitrogen and oxygen atoms in total. The van der Waals surface area contributed by atoms with Crippen LogP contribution in [0.4, 0.5) is 4.39 Å². The van der Waals surface area contributed by atoms with Gasteiger partial charge in [0, 0.05) is 6.54 Å². The zero-order valence-corrected chi connectivity index (χ0v) is 9.87. The number of hydrogen-bond acceptors (Lipinski definition) is 2. The highest BCUT2D eigenvalue weighted by atomic mass is 79.9. The van der Waals surface area contributed by atoms with Gasteiger partial charge in [-0.1, -0.05) is 22.0 Å². The quantitative estimate of drug-likeness (QED) is 0.696. The average Bonchev–Trinajstić information content (AvgIpc) is 2.63. The average molecular weight is 283 g/mol. The summed E-state index contributed by atoms with van der Waals surface area (Å²) in [5.41, 5.74) is 0.0200. The SMILES string of the molecule is O=c1c2cccc(F)c2nc2n1CCC2Br. The Morgan fingerprint density at radius 1 is 1.50 bits per heavy atom. The number of rotatable bonds is 0. The number of benzene rings is 1. The van der Waals surface area contributed by atoms with E-state index >= 15 is 0 Å². The van der Waals surface area contributed by atoms with Crippen LogP contribution in [0.5, 0.6) is 0 Å². The molecule has 1 aromatic carbocycles. The van der Waals surface area contributed by atoms with Gasteiger partial charge >= 0.3 is 0 Å². The number of alkyl halides is 1. The zero-order chi connectivity index (χ0) is 11.3. The van der Waals surface area contributed by atoms with Crippen molar-refractivity contribution in [1.29, 1.82) is 0 Å². The van der Waals surface area contributed by atoms with Gasteiger partial charge in [-0.15, -0.1) is 0 Å². The topological polar surface area (TPSA) is 34.9 Å². The minimum atomic E-state index is -0.440. The van der Waals surface area contributed by atoms with Crippen molar-refractivity contribution < 1.29 is 4.39 Å². The first kappa shape index (κ1) is 9.96. The van der Waals surface area contributed by atoms with Gasteiger partial charge in [0.15, 0.2) is 0 Å². The van der Waals surface area contributed by atoms with Gasteiger partial charge in [0.05, 0.1) is 10.2 Å². The molecule has 5 heteroatoms. The molecule has 1 unspecified atom stereocenters. The molecule has 16 heavy (non-hydrogen) atoms. The summed E-state index contributed by atoms with van der Waals surface area (Å²) in [6.45, 7) is 0.642. The van der Waals surface area contributed by atoms with Crippen molar-refractivity contribution in [1.82, 2.24) is 9.55 Å². The van der Waals surface area contributed by atoms with Crippen molar-refractivity contribution in [3.8, 4) is 0 Å². The van der Waals surface area contributed by atoms with E-state index in [2.05, 4.69) is 20.9 Å². The highest BCUT2D eigenvalue weighted by molar-refractivity contribution is 9.09. The molecule has 0 aliphatic carbocycles. The fraction of sp³-hybridized carbons (Fsp3) is 0.273. The summed E-state index contributed by atoms with van der Waals surface area (Å²) < 4.78 is 15.1. The summed E-state index contributed by atoms with van der Waals surface area (Å²) in [4.78, 5) is 16.3. The van der Waals surface area contributed by atoms with Crippen LogP contribution in [0.25, 0.3) is 10.9 Å². The lowest BCUT2D eigenvalue weighted by Crippen LogP contribution is -2.21. The van der Waals surface area contributed by atoms with E-state index in [1.807, 2.05) is 0 Å². The molecule has 1 aromatic heterocycles. The number of nitrogens with zero attached hydrogens (tertiary/aromatic N) is 2. The lowest BCUT2D eigenvalue weighted by Gasteiger charge is -2.06. The summed E-state index contributed by atoms with van der Waals surface area (Å²) >= 11 is 3.44. The van der Waals surface area contributed by atoms with E-state index in [0.717, 1.165) is 6.42 Å². The fourth-order valence-corrected chi connectivity index (χ4v) is 2.61. The molecule has 2 heterocycles. The van der Waals surface area contributed by atoms with E-state index in [4.69, 9.17) is 0 Å². The maximum Gasteiger partial charge on any atom is 0.261 e. The van der Waals surface area contributed by atoms with Crippen molar-refractivity contribution in [2.75, 3.05) is 0 Å². The molecule has 0 fully saturated rings. The molecule has 1 aliphatic rings. The summed E-state index contributed by atoms with van der Waals surface area (Å²) in [7, 11) is 0. The third-order valence-electron chi connectivity index (χ3n) is 2.85. The van der Waals surface area contributed by atoms with Crippen molar-refractivity contribution in [3.05, 3.63) is 40.2 Å². The minimum absolute atomic E-state index is 0.0456. The first-order chi connectivity index (χ1) is 7.68. The molecule has 0 saturated heterocycles. The van der Waals surface area contributed by atoms with E-state index in [1.54, 1.807) is 10.6 Å². The molecule has 82 valence electrons. The Morgan fingerprint density at radius 3 is 3.12 bits per heavy atom.